The fourth-order valence-corrected chi connectivity index (χ4v) is 1.48. The Hall–Kier alpha value is -1.05. The summed E-state index contributed by atoms with van der Waals surface area (Å²) in [6.45, 7) is -1.71. The second kappa shape index (κ2) is 7.66. The summed E-state index contributed by atoms with van der Waals surface area (Å²) in [4.78, 5) is 0. The Morgan fingerprint density at radius 2 is 1.95 bits per heavy atom. The molecule has 0 aliphatic heterocycles. The number of aliphatic hydroxyl groups is 1. The van der Waals surface area contributed by atoms with Crippen molar-refractivity contribution in [2.45, 2.75) is 18.5 Å². The van der Waals surface area contributed by atoms with Crippen LogP contribution < -0.4 is 10.1 Å². The molecular formula is C12H14ClF4NO2. The fraction of sp³-hybridized carbons (Fsp3) is 0.500. The molecule has 20 heavy (non-hydrogen) atoms. The Morgan fingerprint density at radius 1 is 1.30 bits per heavy atom. The SMILES string of the molecule is OC(CNCC(F)(F)C(F)F)COc1ccccc1Cl. The van der Waals surface area contributed by atoms with Gasteiger partial charge in [-0.15, -0.1) is 0 Å². The van der Waals surface area contributed by atoms with E-state index >= 15 is 0 Å². The van der Waals surface area contributed by atoms with Gasteiger partial charge in [-0.25, -0.2) is 8.78 Å². The van der Waals surface area contributed by atoms with Crippen LogP contribution in [0.1, 0.15) is 0 Å². The number of halogens is 5. The molecule has 0 fully saturated rings. The average Bonchev–Trinajstić information content (AvgIpc) is 2.37. The van der Waals surface area contributed by atoms with Crippen molar-refractivity contribution in [3.8, 4) is 5.75 Å². The summed E-state index contributed by atoms with van der Waals surface area (Å²) < 4.78 is 54.0. The summed E-state index contributed by atoms with van der Waals surface area (Å²) in [6.07, 6.45) is -4.87. The third kappa shape index (κ3) is 5.52. The van der Waals surface area contributed by atoms with Gasteiger partial charge >= 0.3 is 12.3 Å². The van der Waals surface area contributed by atoms with E-state index in [-0.39, 0.29) is 13.2 Å². The third-order valence-corrected chi connectivity index (χ3v) is 2.64. The minimum absolute atomic E-state index is 0.197. The second-order valence-corrected chi connectivity index (χ2v) is 4.50. The van der Waals surface area contributed by atoms with Gasteiger partial charge in [0.25, 0.3) is 0 Å². The van der Waals surface area contributed by atoms with Gasteiger partial charge in [0.05, 0.1) is 11.6 Å². The minimum atomic E-state index is -4.12. The summed E-state index contributed by atoms with van der Waals surface area (Å²) in [5, 5.41) is 11.9. The normalized spacial score (nSPS) is 13.6. The lowest BCUT2D eigenvalue weighted by Gasteiger charge is -2.18. The molecule has 0 radical (unpaired) electrons. The van der Waals surface area contributed by atoms with Gasteiger partial charge in [-0.1, -0.05) is 23.7 Å². The number of hydrogen-bond donors (Lipinski definition) is 2. The molecule has 0 bridgehead atoms. The largest absolute Gasteiger partial charge is 0.489 e. The highest BCUT2D eigenvalue weighted by Gasteiger charge is 2.40. The molecule has 1 atom stereocenters. The quantitative estimate of drug-likeness (QED) is 0.725. The smallest absolute Gasteiger partial charge is 0.319 e. The molecule has 0 aromatic heterocycles. The van der Waals surface area contributed by atoms with Gasteiger partial charge in [-0.05, 0) is 12.1 Å². The number of aliphatic hydroxyl groups excluding tert-OH is 1. The number of nitrogens with one attached hydrogen (secondary N) is 1. The van der Waals surface area contributed by atoms with Crippen LogP contribution in [0.2, 0.25) is 5.02 Å². The van der Waals surface area contributed by atoms with Crippen LogP contribution in [0.25, 0.3) is 0 Å². The molecule has 1 unspecified atom stereocenters. The molecule has 8 heteroatoms. The van der Waals surface area contributed by atoms with Crippen LogP contribution in [-0.2, 0) is 0 Å². The summed E-state index contributed by atoms with van der Waals surface area (Å²) in [5.74, 6) is -3.78. The molecule has 1 aromatic carbocycles. The number of para-hydroxylation sites is 1. The molecule has 0 aliphatic rings. The summed E-state index contributed by atoms with van der Waals surface area (Å²) >= 11 is 5.80. The number of rotatable bonds is 8. The van der Waals surface area contributed by atoms with Gasteiger partial charge in [-0.2, -0.15) is 8.78 Å². The van der Waals surface area contributed by atoms with Crippen LogP contribution in [-0.4, -0.2) is 43.3 Å². The van der Waals surface area contributed by atoms with E-state index in [1.165, 1.54) is 0 Å². The lowest BCUT2D eigenvalue weighted by Crippen LogP contribution is -2.42. The van der Waals surface area contributed by atoms with Crippen molar-refractivity contribution in [2.75, 3.05) is 19.7 Å². The first-order valence-electron chi connectivity index (χ1n) is 5.75. The molecule has 1 rings (SSSR count). The standard InChI is InChI=1S/C12H14ClF4NO2/c13-9-3-1-2-4-10(9)20-6-8(19)5-18-7-12(16,17)11(14)15/h1-4,8,11,18-19H,5-7H2. The Morgan fingerprint density at radius 3 is 2.55 bits per heavy atom. The maximum absolute atomic E-state index is 12.6. The zero-order chi connectivity index (χ0) is 15.2. The highest BCUT2D eigenvalue weighted by atomic mass is 35.5. The summed E-state index contributed by atoms with van der Waals surface area (Å²) in [7, 11) is 0. The Balaban J connectivity index is 2.28. The Bertz CT molecular complexity index is 420. The first-order valence-corrected chi connectivity index (χ1v) is 6.13. The van der Waals surface area contributed by atoms with Crippen LogP contribution in [0.3, 0.4) is 0 Å². The minimum Gasteiger partial charge on any atom is -0.489 e. The predicted octanol–water partition coefficient (Wildman–Crippen LogP) is 2.57. The number of hydrogen-bond acceptors (Lipinski definition) is 3. The molecule has 114 valence electrons. The van der Waals surface area contributed by atoms with Crippen molar-refractivity contribution in [1.82, 2.24) is 5.32 Å². The van der Waals surface area contributed by atoms with Crippen molar-refractivity contribution < 1.29 is 27.4 Å². The van der Waals surface area contributed by atoms with Gasteiger partial charge in [0.2, 0.25) is 0 Å². The first kappa shape index (κ1) is 17.0. The maximum Gasteiger partial charge on any atom is 0.319 e. The van der Waals surface area contributed by atoms with Gasteiger partial charge in [0, 0.05) is 6.54 Å². The van der Waals surface area contributed by atoms with E-state index in [0.717, 1.165) is 0 Å². The Kier molecular flexibility index (Phi) is 6.51. The van der Waals surface area contributed by atoms with E-state index in [9.17, 15) is 22.7 Å². The van der Waals surface area contributed by atoms with Gasteiger partial charge in [0.15, 0.2) is 0 Å². The lowest BCUT2D eigenvalue weighted by atomic mass is 10.3. The monoisotopic (exact) mass is 315 g/mol. The van der Waals surface area contributed by atoms with Crippen molar-refractivity contribution in [3.63, 3.8) is 0 Å². The lowest BCUT2D eigenvalue weighted by molar-refractivity contribution is -0.125. The molecular weight excluding hydrogens is 302 g/mol. The zero-order valence-corrected chi connectivity index (χ0v) is 11.1. The zero-order valence-electron chi connectivity index (χ0n) is 10.3. The van der Waals surface area contributed by atoms with Crippen LogP contribution >= 0.6 is 11.6 Å². The topological polar surface area (TPSA) is 41.5 Å². The highest BCUT2D eigenvalue weighted by molar-refractivity contribution is 6.32. The van der Waals surface area contributed by atoms with Crippen molar-refractivity contribution in [2.24, 2.45) is 0 Å². The maximum atomic E-state index is 12.6. The molecule has 0 saturated heterocycles. The average molecular weight is 316 g/mol. The third-order valence-electron chi connectivity index (χ3n) is 2.33. The first-order chi connectivity index (χ1) is 9.33. The van der Waals surface area contributed by atoms with E-state index in [1.54, 1.807) is 24.3 Å². The van der Waals surface area contributed by atoms with Gasteiger partial charge in [-0.3, -0.25) is 0 Å². The molecule has 2 N–H and O–H groups in total. The number of ether oxygens (including phenoxy) is 1. The molecule has 0 aliphatic carbocycles. The van der Waals surface area contributed by atoms with E-state index in [4.69, 9.17) is 16.3 Å². The number of benzene rings is 1. The van der Waals surface area contributed by atoms with E-state index in [1.807, 2.05) is 0 Å². The molecule has 1 aromatic rings. The fourth-order valence-electron chi connectivity index (χ4n) is 1.29. The van der Waals surface area contributed by atoms with Crippen LogP contribution in [0, 0.1) is 0 Å². The Labute approximate surface area is 118 Å². The van der Waals surface area contributed by atoms with Gasteiger partial charge < -0.3 is 15.2 Å². The highest BCUT2D eigenvalue weighted by Crippen LogP contribution is 2.23. The van der Waals surface area contributed by atoms with Gasteiger partial charge in [0.1, 0.15) is 18.5 Å². The van der Waals surface area contributed by atoms with Crippen LogP contribution in [0.4, 0.5) is 17.6 Å². The van der Waals surface area contributed by atoms with Crippen molar-refractivity contribution >= 4 is 11.6 Å². The van der Waals surface area contributed by atoms with Crippen molar-refractivity contribution in [1.29, 1.82) is 0 Å². The van der Waals surface area contributed by atoms with E-state index in [2.05, 4.69) is 5.32 Å². The number of alkyl halides is 4. The van der Waals surface area contributed by atoms with Crippen LogP contribution in [0.15, 0.2) is 24.3 Å². The van der Waals surface area contributed by atoms with E-state index < -0.39 is 25.0 Å². The second-order valence-electron chi connectivity index (χ2n) is 4.09. The molecule has 0 amide bonds. The molecule has 0 heterocycles. The van der Waals surface area contributed by atoms with E-state index in [0.29, 0.717) is 10.8 Å². The predicted molar refractivity (Wildman–Crippen MR) is 66.8 cm³/mol. The summed E-state index contributed by atoms with van der Waals surface area (Å²) in [5.41, 5.74) is 0. The molecule has 0 spiro atoms. The van der Waals surface area contributed by atoms with Crippen LogP contribution in [0.5, 0.6) is 5.75 Å². The summed E-state index contributed by atoms with van der Waals surface area (Å²) in [6, 6.07) is 6.53. The molecule has 0 saturated carbocycles. The molecule has 3 nitrogen and oxygen atoms in total. The van der Waals surface area contributed by atoms with Crippen molar-refractivity contribution in [3.05, 3.63) is 29.3 Å².